The molecule has 1 saturated carbocycles. The van der Waals surface area contributed by atoms with Crippen molar-refractivity contribution < 1.29 is 4.79 Å². The third-order valence-electron chi connectivity index (χ3n) is 9.26. The molecule has 1 fully saturated rings. The van der Waals surface area contributed by atoms with Crippen LogP contribution in [0, 0.1) is 11.3 Å². The number of pyridine rings is 1. The minimum atomic E-state index is -0.0957. The molecule has 236 valence electrons. The molecule has 46 heavy (non-hydrogen) atoms. The summed E-state index contributed by atoms with van der Waals surface area (Å²) in [5, 5.41) is 7.69. The summed E-state index contributed by atoms with van der Waals surface area (Å²) < 4.78 is 2.38. The molecule has 6 rings (SSSR count). The summed E-state index contributed by atoms with van der Waals surface area (Å²) in [6.45, 7) is 1.82. The number of aryl methyl sites for hydroxylation is 3. The van der Waals surface area contributed by atoms with Crippen molar-refractivity contribution >= 4 is 28.5 Å². The van der Waals surface area contributed by atoms with E-state index in [0.717, 1.165) is 71.0 Å². The molecule has 3 aromatic carbocycles. The quantitative estimate of drug-likeness (QED) is 0.106. The van der Waals surface area contributed by atoms with Crippen molar-refractivity contribution in [3.05, 3.63) is 125 Å². The highest BCUT2D eigenvalue weighted by Crippen LogP contribution is 2.29. The van der Waals surface area contributed by atoms with Crippen LogP contribution in [0.2, 0.25) is 0 Å². The van der Waals surface area contributed by atoms with E-state index in [1.54, 1.807) is 17.3 Å². The van der Waals surface area contributed by atoms with Crippen LogP contribution in [0.5, 0.6) is 0 Å². The Balaban J connectivity index is 1.29. The molecule has 0 saturated heterocycles. The summed E-state index contributed by atoms with van der Waals surface area (Å²) in [6.07, 6.45) is 12.8. The molecule has 0 radical (unpaired) electrons. The molecule has 0 unspecified atom stereocenters. The van der Waals surface area contributed by atoms with Gasteiger partial charge in [-0.3, -0.25) is 15.2 Å². The fourth-order valence-electron chi connectivity index (χ4n) is 6.56. The van der Waals surface area contributed by atoms with Crippen molar-refractivity contribution in [1.82, 2.24) is 14.5 Å². The maximum absolute atomic E-state index is 14.1. The zero-order chi connectivity index (χ0) is 31.9. The maximum atomic E-state index is 14.1. The lowest BCUT2D eigenvalue weighted by molar-refractivity contribution is 0.0985. The van der Waals surface area contributed by atoms with Crippen LogP contribution in [0.3, 0.4) is 0 Å². The van der Waals surface area contributed by atoms with Crippen molar-refractivity contribution in [2.45, 2.75) is 71.0 Å². The third-order valence-corrected chi connectivity index (χ3v) is 9.26. The van der Waals surface area contributed by atoms with E-state index in [4.69, 9.17) is 21.9 Å². The summed E-state index contributed by atoms with van der Waals surface area (Å²) in [7, 11) is 0. The van der Waals surface area contributed by atoms with Gasteiger partial charge in [0.25, 0.3) is 5.91 Å². The monoisotopic (exact) mass is 613 g/mol. The molecule has 8 nitrogen and oxygen atoms in total. The number of aromatic nitrogens is 3. The Morgan fingerprint density at radius 2 is 1.61 bits per heavy atom. The van der Waals surface area contributed by atoms with Crippen LogP contribution >= 0.6 is 0 Å². The Labute approximate surface area is 271 Å². The van der Waals surface area contributed by atoms with E-state index in [2.05, 4.69) is 15.6 Å². The van der Waals surface area contributed by atoms with Gasteiger partial charge in [0.1, 0.15) is 11.7 Å². The van der Waals surface area contributed by atoms with Crippen molar-refractivity contribution in [2.75, 3.05) is 4.90 Å². The van der Waals surface area contributed by atoms with Gasteiger partial charge in [-0.05, 0) is 65.8 Å². The SMILES string of the molecule is N=C(N)c1ccc(CCc2nc3cc(C(=O)N(Cc4ccc(CN)cc4)c4cccnc4)ccc3n2CCC2CCCCC2)cc1. The Hall–Kier alpha value is -4.82. The number of anilines is 1. The number of hydrogen-bond donors (Lipinski definition) is 3. The van der Waals surface area contributed by atoms with Crippen LogP contribution in [0.4, 0.5) is 5.69 Å². The lowest BCUT2D eigenvalue weighted by Crippen LogP contribution is -2.30. The molecular formula is C38H43N7O. The number of fused-ring (bicyclic) bond motifs is 1. The summed E-state index contributed by atoms with van der Waals surface area (Å²) in [6, 6.07) is 25.7. The van der Waals surface area contributed by atoms with Crippen LogP contribution in [0.15, 0.2) is 91.3 Å². The predicted molar refractivity (Wildman–Crippen MR) is 185 cm³/mol. The van der Waals surface area contributed by atoms with Gasteiger partial charge >= 0.3 is 0 Å². The Morgan fingerprint density at radius 3 is 2.30 bits per heavy atom. The summed E-state index contributed by atoms with van der Waals surface area (Å²) in [5.74, 6) is 1.77. The van der Waals surface area contributed by atoms with Crippen LogP contribution < -0.4 is 16.4 Å². The molecule has 1 amide bonds. The minimum absolute atomic E-state index is 0.0769. The van der Waals surface area contributed by atoms with Gasteiger partial charge in [0.15, 0.2) is 0 Å². The standard InChI is InChI=1S/C38H43N7O/c39-24-29-8-10-30(11-9-29)26-45(33-7-4-21-42-25-33)38(46)32-17-18-35-34(23-32)43-36(44(35)22-20-27-5-2-1-3-6-27)19-14-28-12-15-31(16-13-28)37(40)41/h4,7-13,15-18,21,23,25,27H,1-3,5-6,14,19-20,22,24,26,39H2,(H3,40,41). The molecule has 0 aliphatic heterocycles. The molecule has 1 aliphatic carbocycles. The average molecular weight is 614 g/mol. The Kier molecular flexibility index (Phi) is 9.84. The summed E-state index contributed by atoms with van der Waals surface area (Å²) in [4.78, 5) is 25.3. The highest BCUT2D eigenvalue weighted by molar-refractivity contribution is 6.07. The van der Waals surface area contributed by atoms with Crippen LogP contribution in [0.1, 0.15) is 77.0 Å². The molecule has 2 heterocycles. The second-order valence-corrected chi connectivity index (χ2v) is 12.4. The van der Waals surface area contributed by atoms with Gasteiger partial charge < -0.3 is 20.9 Å². The molecule has 0 atom stereocenters. The Bertz CT molecular complexity index is 1770. The molecule has 1 aliphatic rings. The van der Waals surface area contributed by atoms with Gasteiger partial charge in [-0.15, -0.1) is 0 Å². The number of carbonyl (C=O) groups excluding carboxylic acids is 1. The number of nitrogens with one attached hydrogen (secondary N) is 1. The number of hydrogen-bond acceptors (Lipinski definition) is 5. The van der Waals surface area contributed by atoms with E-state index in [9.17, 15) is 4.79 Å². The number of nitrogens with zero attached hydrogens (tertiary/aromatic N) is 4. The second kappa shape index (κ2) is 14.5. The lowest BCUT2D eigenvalue weighted by Gasteiger charge is -2.23. The smallest absolute Gasteiger partial charge is 0.258 e. The zero-order valence-corrected chi connectivity index (χ0v) is 26.4. The average Bonchev–Trinajstić information content (AvgIpc) is 3.46. The van der Waals surface area contributed by atoms with Gasteiger partial charge in [0, 0.05) is 36.8 Å². The van der Waals surface area contributed by atoms with Crippen molar-refractivity contribution in [1.29, 1.82) is 5.41 Å². The van der Waals surface area contributed by atoms with E-state index in [1.807, 2.05) is 72.8 Å². The number of amidine groups is 1. The van der Waals surface area contributed by atoms with Gasteiger partial charge in [-0.1, -0.05) is 80.6 Å². The molecule has 0 bridgehead atoms. The fraction of sp³-hybridized carbons (Fsp3) is 0.316. The highest BCUT2D eigenvalue weighted by atomic mass is 16.2. The third kappa shape index (κ3) is 7.35. The second-order valence-electron chi connectivity index (χ2n) is 12.4. The number of nitrogen functional groups attached to an aromatic ring is 1. The van der Waals surface area contributed by atoms with Gasteiger partial charge in [0.2, 0.25) is 0 Å². The minimum Gasteiger partial charge on any atom is -0.384 e. The molecular weight excluding hydrogens is 570 g/mol. The van der Waals surface area contributed by atoms with Gasteiger partial charge in [-0.2, -0.15) is 0 Å². The summed E-state index contributed by atoms with van der Waals surface area (Å²) >= 11 is 0. The van der Waals surface area contributed by atoms with Crippen LogP contribution in [0.25, 0.3) is 11.0 Å². The van der Waals surface area contributed by atoms with E-state index >= 15 is 0 Å². The topological polar surface area (TPSA) is 127 Å². The fourth-order valence-corrected chi connectivity index (χ4v) is 6.56. The van der Waals surface area contributed by atoms with E-state index in [1.165, 1.54) is 37.7 Å². The number of benzene rings is 3. The lowest BCUT2D eigenvalue weighted by atomic mass is 9.87. The molecule has 0 spiro atoms. The van der Waals surface area contributed by atoms with E-state index in [0.29, 0.717) is 18.7 Å². The first kappa shape index (κ1) is 31.2. The first-order chi connectivity index (χ1) is 22.5. The largest absolute Gasteiger partial charge is 0.384 e. The van der Waals surface area contributed by atoms with E-state index < -0.39 is 0 Å². The van der Waals surface area contributed by atoms with Crippen molar-refractivity contribution in [3.8, 4) is 0 Å². The molecule has 5 aromatic rings. The van der Waals surface area contributed by atoms with Crippen molar-refractivity contribution in [2.24, 2.45) is 17.4 Å². The number of nitrogens with two attached hydrogens (primary N) is 2. The normalized spacial score (nSPS) is 13.6. The first-order valence-electron chi connectivity index (χ1n) is 16.4. The number of imidazole rings is 1. The first-order valence-corrected chi connectivity index (χ1v) is 16.4. The summed E-state index contributed by atoms with van der Waals surface area (Å²) in [5.41, 5.74) is 18.7. The molecule has 8 heteroatoms. The van der Waals surface area contributed by atoms with Crippen LogP contribution in [-0.4, -0.2) is 26.3 Å². The maximum Gasteiger partial charge on any atom is 0.258 e. The van der Waals surface area contributed by atoms with E-state index in [-0.39, 0.29) is 11.7 Å². The zero-order valence-electron chi connectivity index (χ0n) is 26.4. The Morgan fingerprint density at radius 1 is 0.891 bits per heavy atom. The van der Waals surface area contributed by atoms with Crippen LogP contribution in [-0.2, 0) is 32.5 Å². The highest BCUT2D eigenvalue weighted by Gasteiger charge is 2.21. The van der Waals surface area contributed by atoms with Gasteiger partial charge in [0.05, 0.1) is 29.5 Å². The number of rotatable bonds is 12. The van der Waals surface area contributed by atoms with Crippen molar-refractivity contribution in [3.63, 3.8) is 0 Å². The molecule has 5 N–H and O–H groups in total. The number of amides is 1. The molecule has 2 aromatic heterocycles. The predicted octanol–water partition coefficient (Wildman–Crippen LogP) is 6.78. The van der Waals surface area contributed by atoms with Gasteiger partial charge in [-0.25, -0.2) is 4.98 Å². The number of carbonyl (C=O) groups is 1.